The van der Waals surface area contributed by atoms with Crippen molar-refractivity contribution in [3.8, 4) is 11.4 Å². The second-order valence-corrected chi connectivity index (χ2v) is 7.03. The quantitative estimate of drug-likeness (QED) is 0.838. The molecular weight excluding hydrogens is 328 g/mol. The second kappa shape index (κ2) is 8.83. The Bertz CT molecular complexity index is 722. The maximum atomic E-state index is 12.7. The molecule has 0 atom stereocenters. The van der Waals surface area contributed by atoms with Gasteiger partial charge in [-0.3, -0.25) is 0 Å². The highest BCUT2D eigenvalue weighted by atomic mass is 16.5. The predicted octanol–water partition coefficient (Wildman–Crippen LogP) is 4.30. The van der Waals surface area contributed by atoms with Gasteiger partial charge in [0.15, 0.2) is 0 Å². The molecule has 0 saturated heterocycles. The zero-order valence-electron chi connectivity index (χ0n) is 15.7. The highest BCUT2D eigenvalue weighted by molar-refractivity contribution is 5.74. The van der Waals surface area contributed by atoms with Crippen molar-refractivity contribution in [3.63, 3.8) is 0 Å². The molecule has 2 aromatic rings. The normalized spacial score (nSPS) is 15.0. The number of carbonyl (C=O) groups is 1. The van der Waals surface area contributed by atoms with Crippen molar-refractivity contribution in [2.24, 2.45) is 0 Å². The summed E-state index contributed by atoms with van der Waals surface area (Å²) in [5.74, 6) is 1.06. The van der Waals surface area contributed by atoms with Crippen molar-refractivity contribution >= 4 is 6.03 Å². The molecule has 1 aromatic carbocycles. The molecule has 1 aliphatic carbocycles. The van der Waals surface area contributed by atoms with Crippen LogP contribution in [0.1, 0.15) is 56.9 Å². The van der Waals surface area contributed by atoms with Crippen LogP contribution in [0.4, 0.5) is 4.79 Å². The number of carbonyl (C=O) groups excluding carboxylic acids is 1. The van der Waals surface area contributed by atoms with E-state index in [0.717, 1.165) is 30.4 Å². The van der Waals surface area contributed by atoms with Crippen molar-refractivity contribution in [2.45, 2.75) is 65.0 Å². The molecule has 1 aromatic heterocycles. The third-order valence-electron chi connectivity index (χ3n) is 4.85. The fourth-order valence-electron chi connectivity index (χ4n) is 3.46. The van der Waals surface area contributed by atoms with E-state index in [1.165, 1.54) is 19.3 Å². The van der Waals surface area contributed by atoms with Gasteiger partial charge in [0, 0.05) is 18.2 Å². The Morgan fingerprint density at radius 1 is 1.31 bits per heavy atom. The number of rotatable bonds is 6. The number of amides is 2. The summed E-state index contributed by atoms with van der Waals surface area (Å²) in [7, 11) is 0. The van der Waals surface area contributed by atoms with E-state index < -0.39 is 0 Å². The Kier molecular flexibility index (Phi) is 6.26. The standard InChI is InChI=1S/C20H28N4O2/c1-3-12-21-20(25)24(17-10-5-4-6-11-17)14-18-22-19(23-26-18)16-9-7-8-15(2)13-16/h7-9,13,17H,3-6,10-12,14H2,1-2H3,(H,21,25). The lowest BCUT2D eigenvalue weighted by Crippen LogP contribution is -2.46. The maximum Gasteiger partial charge on any atom is 0.318 e. The molecule has 2 amide bonds. The van der Waals surface area contributed by atoms with Crippen molar-refractivity contribution in [3.05, 3.63) is 35.7 Å². The van der Waals surface area contributed by atoms with Crippen LogP contribution in [0, 0.1) is 6.92 Å². The molecule has 1 heterocycles. The predicted molar refractivity (Wildman–Crippen MR) is 101 cm³/mol. The molecule has 0 bridgehead atoms. The first kappa shape index (κ1) is 18.4. The third-order valence-corrected chi connectivity index (χ3v) is 4.85. The summed E-state index contributed by atoms with van der Waals surface area (Å²) in [4.78, 5) is 19.0. The molecule has 1 N–H and O–H groups in total. The Morgan fingerprint density at radius 2 is 2.12 bits per heavy atom. The number of aryl methyl sites for hydroxylation is 1. The highest BCUT2D eigenvalue weighted by Crippen LogP contribution is 2.25. The molecule has 0 aliphatic heterocycles. The van der Waals surface area contributed by atoms with E-state index in [-0.39, 0.29) is 12.1 Å². The summed E-state index contributed by atoms with van der Waals surface area (Å²) >= 11 is 0. The Hall–Kier alpha value is -2.37. The Morgan fingerprint density at radius 3 is 2.85 bits per heavy atom. The SMILES string of the molecule is CCCNC(=O)N(Cc1nc(-c2cccc(C)c2)no1)C1CCCCC1. The number of benzene rings is 1. The maximum absolute atomic E-state index is 12.7. The first-order chi connectivity index (χ1) is 12.7. The second-order valence-electron chi connectivity index (χ2n) is 7.03. The molecule has 1 fully saturated rings. The minimum Gasteiger partial charge on any atom is -0.338 e. The Labute approximate surface area is 155 Å². The minimum absolute atomic E-state index is 0.0333. The fraction of sp³-hybridized carbons (Fsp3) is 0.550. The van der Waals surface area contributed by atoms with E-state index in [2.05, 4.69) is 22.4 Å². The number of nitrogens with zero attached hydrogens (tertiary/aromatic N) is 3. The van der Waals surface area contributed by atoms with Crippen LogP contribution in [0.25, 0.3) is 11.4 Å². The summed E-state index contributed by atoms with van der Waals surface area (Å²) in [5.41, 5.74) is 2.08. The third kappa shape index (κ3) is 4.62. The van der Waals surface area contributed by atoms with Gasteiger partial charge < -0.3 is 14.7 Å². The molecule has 26 heavy (non-hydrogen) atoms. The van der Waals surface area contributed by atoms with Gasteiger partial charge in [0.2, 0.25) is 11.7 Å². The van der Waals surface area contributed by atoms with Gasteiger partial charge in [0.1, 0.15) is 6.54 Å². The molecule has 140 valence electrons. The largest absolute Gasteiger partial charge is 0.338 e. The van der Waals surface area contributed by atoms with Gasteiger partial charge in [-0.15, -0.1) is 0 Å². The van der Waals surface area contributed by atoms with Crippen LogP contribution in [-0.2, 0) is 6.54 Å². The molecular formula is C20H28N4O2. The molecule has 0 spiro atoms. The van der Waals surface area contributed by atoms with E-state index in [1.54, 1.807) is 0 Å². The fourth-order valence-corrected chi connectivity index (χ4v) is 3.46. The van der Waals surface area contributed by atoms with Gasteiger partial charge >= 0.3 is 6.03 Å². The molecule has 6 nitrogen and oxygen atoms in total. The molecule has 6 heteroatoms. The van der Waals surface area contributed by atoms with Crippen LogP contribution in [0.15, 0.2) is 28.8 Å². The molecule has 1 aliphatic rings. The topological polar surface area (TPSA) is 71.3 Å². The van der Waals surface area contributed by atoms with Crippen molar-refractivity contribution in [1.82, 2.24) is 20.4 Å². The number of nitrogens with one attached hydrogen (secondary N) is 1. The van der Waals surface area contributed by atoms with Crippen LogP contribution in [-0.4, -0.2) is 33.7 Å². The molecule has 0 radical (unpaired) electrons. The van der Waals surface area contributed by atoms with Crippen LogP contribution in [0.5, 0.6) is 0 Å². The van der Waals surface area contributed by atoms with E-state index in [1.807, 2.05) is 36.1 Å². The monoisotopic (exact) mass is 356 g/mol. The number of hydrogen-bond acceptors (Lipinski definition) is 4. The minimum atomic E-state index is -0.0333. The number of hydrogen-bond donors (Lipinski definition) is 1. The van der Waals surface area contributed by atoms with Gasteiger partial charge in [-0.1, -0.05) is 55.1 Å². The van der Waals surface area contributed by atoms with Gasteiger partial charge in [0.25, 0.3) is 0 Å². The Balaban J connectivity index is 1.74. The van der Waals surface area contributed by atoms with Gasteiger partial charge in [0.05, 0.1) is 0 Å². The summed E-state index contributed by atoms with van der Waals surface area (Å²) in [6, 6.07) is 8.22. The zero-order chi connectivity index (χ0) is 18.4. The summed E-state index contributed by atoms with van der Waals surface area (Å²) in [6.45, 7) is 5.13. The first-order valence-corrected chi connectivity index (χ1v) is 9.61. The van der Waals surface area contributed by atoms with Gasteiger partial charge in [-0.25, -0.2) is 4.79 Å². The molecule has 0 unspecified atom stereocenters. The van der Waals surface area contributed by atoms with Gasteiger partial charge in [-0.05, 0) is 32.3 Å². The lowest BCUT2D eigenvalue weighted by molar-refractivity contribution is 0.141. The average molecular weight is 356 g/mol. The lowest BCUT2D eigenvalue weighted by Gasteiger charge is -2.33. The van der Waals surface area contributed by atoms with Crippen LogP contribution in [0.2, 0.25) is 0 Å². The van der Waals surface area contributed by atoms with Crippen LogP contribution < -0.4 is 5.32 Å². The van der Waals surface area contributed by atoms with E-state index in [0.29, 0.717) is 24.8 Å². The van der Waals surface area contributed by atoms with Crippen molar-refractivity contribution in [1.29, 1.82) is 0 Å². The zero-order valence-corrected chi connectivity index (χ0v) is 15.7. The number of urea groups is 1. The molecule has 1 saturated carbocycles. The molecule has 3 rings (SSSR count). The smallest absolute Gasteiger partial charge is 0.318 e. The first-order valence-electron chi connectivity index (χ1n) is 9.61. The summed E-state index contributed by atoms with van der Waals surface area (Å²) < 4.78 is 5.45. The van der Waals surface area contributed by atoms with E-state index in [4.69, 9.17) is 4.52 Å². The van der Waals surface area contributed by atoms with Crippen LogP contribution in [0.3, 0.4) is 0 Å². The average Bonchev–Trinajstić information content (AvgIpc) is 3.14. The van der Waals surface area contributed by atoms with E-state index in [9.17, 15) is 4.79 Å². The van der Waals surface area contributed by atoms with Crippen molar-refractivity contribution < 1.29 is 9.32 Å². The summed E-state index contributed by atoms with van der Waals surface area (Å²) in [6.07, 6.45) is 6.58. The van der Waals surface area contributed by atoms with E-state index >= 15 is 0 Å². The number of aromatic nitrogens is 2. The highest BCUT2D eigenvalue weighted by Gasteiger charge is 2.27. The van der Waals surface area contributed by atoms with Crippen LogP contribution >= 0.6 is 0 Å². The summed E-state index contributed by atoms with van der Waals surface area (Å²) in [5, 5.41) is 7.10. The van der Waals surface area contributed by atoms with Gasteiger partial charge in [-0.2, -0.15) is 4.98 Å². The van der Waals surface area contributed by atoms with Crippen molar-refractivity contribution in [2.75, 3.05) is 6.54 Å². The lowest BCUT2D eigenvalue weighted by atomic mass is 9.94.